The standard InChI is InChI=1S/C17H22N2O/c1-16(2)12-9-10-17(16,3)14-13(12)15(20)18-19(14)11-7-5-4-6-8-11/h4-8,12-14H,9-10H2,1-3H3,(H,18,20)/t12-,13?,14?,17+/m1/s1. The van der Waals surface area contributed by atoms with E-state index in [1.54, 1.807) is 0 Å². The maximum absolute atomic E-state index is 12.5. The van der Waals surface area contributed by atoms with Crippen LogP contribution >= 0.6 is 0 Å². The van der Waals surface area contributed by atoms with Crippen molar-refractivity contribution in [2.24, 2.45) is 22.7 Å². The van der Waals surface area contributed by atoms with Crippen LogP contribution in [0.1, 0.15) is 33.6 Å². The van der Waals surface area contributed by atoms with Gasteiger partial charge in [-0.05, 0) is 41.7 Å². The van der Waals surface area contributed by atoms with Crippen LogP contribution in [0.3, 0.4) is 0 Å². The number of nitrogens with one attached hydrogen (secondary N) is 1. The largest absolute Gasteiger partial charge is 0.281 e. The minimum Gasteiger partial charge on any atom is -0.281 e. The van der Waals surface area contributed by atoms with Crippen molar-refractivity contribution in [2.75, 3.05) is 5.01 Å². The van der Waals surface area contributed by atoms with Crippen LogP contribution in [-0.4, -0.2) is 11.9 Å². The number of hydrogen-bond donors (Lipinski definition) is 1. The lowest BCUT2D eigenvalue weighted by Crippen LogP contribution is -2.49. The molecule has 4 rings (SSSR count). The normalized spacial score (nSPS) is 40.9. The van der Waals surface area contributed by atoms with Gasteiger partial charge in [-0.2, -0.15) is 0 Å². The molecule has 1 N–H and O–H groups in total. The molecule has 1 aromatic rings. The Morgan fingerprint density at radius 3 is 2.60 bits per heavy atom. The molecule has 2 bridgehead atoms. The van der Waals surface area contributed by atoms with Crippen molar-refractivity contribution >= 4 is 11.6 Å². The van der Waals surface area contributed by atoms with Gasteiger partial charge in [0.1, 0.15) is 0 Å². The summed E-state index contributed by atoms with van der Waals surface area (Å²) in [6, 6.07) is 10.6. The van der Waals surface area contributed by atoms with E-state index >= 15 is 0 Å². The lowest BCUT2D eigenvalue weighted by Gasteiger charge is -2.42. The monoisotopic (exact) mass is 270 g/mol. The van der Waals surface area contributed by atoms with Gasteiger partial charge in [0, 0.05) is 0 Å². The molecule has 2 unspecified atom stereocenters. The Balaban J connectivity index is 1.82. The lowest BCUT2D eigenvalue weighted by atomic mass is 9.69. The first-order chi connectivity index (χ1) is 9.47. The number of hydrazine groups is 1. The van der Waals surface area contributed by atoms with Gasteiger partial charge < -0.3 is 0 Å². The van der Waals surface area contributed by atoms with E-state index in [0.717, 1.165) is 5.69 Å². The molecule has 0 radical (unpaired) electrons. The van der Waals surface area contributed by atoms with E-state index in [2.05, 4.69) is 43.3 Å². The molecule has 20 heavy (non-hydrogen) atoms. The minimum atomic E-state index is 0.156. The molecular weight excluding hydrogens is 248 g/mol. The predicted molar refractivity (Wildman–Crippen MR) is 79.0 cm³/mol. The molecule has 2 saturated carbocycles. The highest BCUT2D eigenvalue weighted by molar-refractivity contribution is 5.87. The van der Waals surface area contributed by atoms with Gasteiger partial charge in [-0.3, -0.25) is 15.2 Å². The van der Waals surface area contributed by atoms with Crippen LogP contribution in [0.2, 0.25) is 0 Å². The van der Waals surface area contributed by atoms with Crippen molar-refractivity contribution in [2.45, 2.75) is 39.7 Å². The van der Waals surface area contributed by atoms with Crippen molar-refractivity contribution in [1.29, 1.82) is 0 Å². The maximum atomic E-state index is 12.5. The number of anilines is 1. The van der Waals surface area contributed by atoms with Crippen molar-refractivity contribution in [1.82, 2.24) is 5.43 Å². The summed E-state index contributed by atoms with van der Waals surface area (Å²) in [5, 5.41) is 2.15. The zero-order valence-electron chi connectivity index (χ0n) is 12.4. The van der Waals surface area contributed by atoms with E-state index in [0.29, 0.717) is 12.0 Å². The molecule has 3 fully saturated rings. The summed E-state index contributed by atoms with van der Waals surface area (Å²) in [5.41, 5.74) is 4.69. The van der Waals surface area contributed by atoms with Gasteiger partial charge in [0.15, 0.2) is 0 Å². The van der Waals surface area contributed by atoms with Crippen molar-refractivity contribution in [3.63, 3.8) is 0 Å². The summed E-state index contributed by atoms with van der Waals surface area (Å²) in [6.07, 6.45) is 2.42. The van der Waals surface area contributed by atoms with E-state index < -0.39 is 0 Å². The quantitative estimate of drug-likeness (QED) is 0.851. The predicted octanol–water partition coefficient (Wildman–Crippen LogP) is 2.98. The van der Waals surface area contributed by atoms with E-state index in [1.165, 1.54) is 12.8 Å². The van der Waals surface area contributed by atoms with Gasteiger partial charge in [-0.15, -0.1) is 0 Å². The molecule has 1 amide bonds. The van der Waals surface area contributed by atoms with Crippen molar-refractivity contribution < 1.29 is 4.79 Å². The fraction of sp³-hybridized carbons (Fsp3) is 0.588. The zero-order valence-corrected chi connectivity index (χ0v) is 12.4. The second-order valence-electron chi connectivity index (χ2n) is 7.44. The first-order valence-electron chi connectivity index (χ1n) is 7.61. The second-order valence-corrected chi connectivity index (χ2v) is 7.44. The highest BCUT2D eigenvalue weighted by atomic mass is 16.2. The van der Waals surface area contributed by atoms with Crippen LogP contribution in [0, 0.1) is 22.7 Å². The van der Waals surface area contributed by atoms with Gasteiger partial charge in [-0.1, -0.05) is 39.0 Å². The number of benzene rings is 1. The Bertz CT molecular complexity index is 568. The Morgan fingerprint density at radius 1 is 1.20 bits per heavy atom. The number of amides is 1. The summed E-state index contributed by atoms with van der Waals surface area (Å²) in [5.74, 6) is 0.899. The van der Waals surface area contributed by atoms with Gasteiger partial charge in [0.2, 0.25) is 5.91 Å². The number of fused-ring (bicyclic) bond motifs is 5. The third-order valence-electron chi connectivity index (χ3n) is 6.65. The molecule has 1 saturated heterocycles. The molecule has 1 heterocycles. The summed E-state index contributed by atoms with van der Waals surface area (Å²) in [4.78, 5) is 12.5. The van der Waals surface area contributed by atoms with Crippen LogP contribution in [0.25, 0.3) is 0 Å². The third kappa shape index (κ3) is 1.20. The molecule has 3 heteroatoms. The van der Waals surface area contributed by atoms with E-state index in [4.69, 9.17) is 0 Å². The van der Waals surface area contributed by atoms with E-state index in [9.17, 15) is 4.79 Å². The molecular formula is C17H22N2O. The second kappa shape index (κ2) is 3.57. The van der Waals surface area contributed by atoms with Gasteiger partial charge >= 0.3 is 0 Å². The number of carbonyl (C=O) groups is 1. The molecule has 0 spiro atoms. The Morgan fingerprint density at radius 2 is 1.90 bits per heavy atom. The zero-order chi connectivity index (χ0) is 14.1. The van der Waals surface area contributed by atoms with Crippen LogP contribution in [0.4, 0.5) is 5.69 Å². The molecule has 1 aromatic carbocycles. The van der Waals surface area contributed by atoms with E-state index in [1.807, 2.05) is 18.2 Å². The van der Waals surface area contributed by atoms with Gasteiger partial charge in [0.25, 0.3) is 0 Å². The highest BCUT2D eigenvalue weighted by Gasteiger charge is 2.71. The number of nitrogens with zero attached hydrogens (tertiary/aromatic N) is 1. The lowest BCUT2D eigenvalue weighted by molar-refractivity contribution is -0.124. The van der Waals surface area contributed by atoms with Crippen LogP contribution in [0.15, 0.2) is 30.3 Å². The SMILES string of the molecule is CC1(C)[C@@H]2CC[C@@]1(C)C1C2C(=O)NN1c1ccccc1. The third-order valence-corrected chi connectivity index (χ3v) is 6.65. The fourth-order valence-corrected chi connectivity index (χ4v) is 5.18. The maximum Gasteiger partial charge on any atom is 0.244 e. The molecule has 106 valence electrons. The Kier molecular flexibility index (Phi) is 2.19. The van der Waals surface area contributed by atoms with Gasteiger partial charge in [0.05, 0.1) is 17.6 Å². The smallest absolute Gasteiger partial charge is 0.244 e. The van der Waals surface area contributed by atoms with Crippen molar-refractivity contribution in [3.05, 3.63) is 30.3 Å². The minimum absolute atomic E-state index is 0.156. The topological polar surface area (TPSA) is 32.3 Å². The van der Waals surface area contributed by atoms with Crippen molar-refractivity contribution in [3.8, 4) is 0 Å². The van der Waals surface area contributed by atoms with Gasteiger partial charge in [-0.25, -0.2) is 0 Å². The first kappa shape index (κ1) is 12.2. The highest BCUT2D eigenvalue weighted by Crippen LogP contribution is 2.69. The Hall–Kier alpha value is -1.51. The summed E-state index contributed by atoms with van der Waals surface area (Å²) in [7, 11) is 0. The number of para-hydroxylation sites is 1. The van der Waals surface area contributed by atoms with E-state index in [-0.39, 0.29) is 22.7 Å². The Labute approximate surface area is 120 Å². The average Bonchev–Trinajstić information content (AvgIpc) is 2.95. The van der Waals surface area contributed by atoms with Crippen LogP contribution < -0.4 is 10.4 Å². The fourth-order valence-electron chi connectivity index (χ4n) is 5.18. The number of carbonyl (C=O) groups excluding carboxylic acids is 1. The number of hydrogen-bond acceptors (Lipinski definition) is 2. The molecule has 3 nitrogen and oxygen atoms in total. The first-order valence-corrected chi connectivity index (χ1v) is 7.61. The summed E-state index contributed by atoms with van der Waals surface area (Å²) in [6.45, 7) is 7.10. The number of rotatable bonds is 1. The average molecular weight is 270 g/mol. The molecule has 4 atom stereocenters. The molecule has 2 aliphatic carbocycles. The summed E-state index contributed by atoms with van der Waals surface area (Å²) < 4.78 is 0. The summed E-state index contributed by atoms with van der Waals surface area (Å²) >= 11 is 0. The molecule has 1 aliphatic heterocycles. The molecule has 0 aromatic heterocycles. The molecule has 3 aliphatic rings. The van der Waals surface area contributed by atoms with Crippen LogP contribution in [0.5, 0.6) is 0 Å². The van der Waals surface area contributed by atoms with Crippen LogP contribution in [-0.2, 0) is 4.79 Å².